The lowest BCUT2D eigenvalue weighted by atomic mass is 10.1. The van der Waals surface area contributed by atoms with Crippen molar-refractivity contribution in [3.63, 3.8) is 0 Å². The predicted molar refractivity (Wildman–Crippen MR) is 148 cm³/mol. The molecule has 0 spiro atoms. The van der Waals surface area contributed by atoms with E-state index in [9.17, 15) is 0 Å². The van der Waals surface area contributed by atoms with E-state index in [2.05, 4.69) is 0 Å². The first kappa shape index (κ1) is 25.2. The Morgan fingerprint density at radius 1 is 0.579 bits per heavy atom. The van der Waals surface area contributed by atoms with Gasteiger partial charge in [0.25, 0.3) is 0 Å². The van der Waals surface area contributed by atoms with Crippen LogP contribution in [-0.4, -0.2) is 50.3 Å². The monoisotopic (exact) mass is 529 g/mol. The van der Waals surface area contributed by atoms with Crippen molar-refractivity contribution in [2.45, 2.75) is 0 Å². The van der Waals surface area contributed by atoms with Crippen molar-refractivity contribution in [1.82, 2.24) is 14.8 Å². The molecule has 0 unspecified atom stereocenters. The number of benzene rings is 3. The number of ether oxygens (including phenoxy) is 5. The summed E-state index contributed by atoms with van der Waals surface area (Å²) in [6.07, 6.45) is 0. The number of hydrogen-bond acceptors (Lipinski definition) is 8. The molecular formula is C29H27N3O5S. The van der Waals surface area contributed by atoms with Gasteiger partial charge in [0.15, 0.2) is 23.0 Å². The van der Waals surface area contributed by atoms with Crippen LogP contribution in [0, 0.1) is 0 Å². The maximum atomic E-state index is 5.56. The fourth-order valence-electron chi connectivity index (χ4n) is 4.12. The second-order valence-electron chi connectivity index (χ2n) is 8.21. The molecule has 0 radical (unpaired) electrons. The Labute approximate surface area is 225 Å². The summed E-state index contributed by atoms with van der Waals surface area (Å²) in [7, 11) is 8.12. The number of nitrogens with zero attached hydrogens (tertiary/aromatic N) is 3. The summed E-state index contributed by atoms with van der Waals surface area (Å²) in [5.74, 6) is 3.36. The molecule has 0 amide bonds. The van der Waals surface area contributed by atoms with Crippen LogP contribution in [0.4, 0.5) is 0 Å². The zero-order valence-corrected chi connectivity index (χ0v) is 22.5. The number of thiazole rings is 1. The van der Waals surface area contributed by atoms with Crippen molar-refractivity contribution in [3.8, 4) is 67.7 Å². The van der Waals surface area contributed by atoms with Gasteiger partial charge in [-0.15, -0.1) is 11.3 Å². The highest BCUT2D eigenvalue weighted by Crippen LogP contribution is 2.38. The second-order valence-corrected chi connectivity index (χ2v) is 9.05. The molecular weight excluding hydrogens is 502 g/mol. The maximum absolute atomic E-state index is 5.56. The minimum Gasteiger partial charge on any atom is -0.497 e. The Morgan fingerprint density at radius 3 is 1.76 bits per heavy atom. The van der Waals surface area contributed by atoms with E-state index in [-0.39, 0.29) is 0 Å². The first-order valence-electron chi connectivity index (χ1n) is 11.7. The van der Waals surface area contributed by atoms with Gasteiger partial charge in [-0.1, -0.05) is 0 Å². The lowest BCUT2D eigenvalue weighted by Crippen LogP contribution is -1.99. The topological polar surface area (TPSA) is 76.9 Å². The molecule has 0 aliphatic rings. The van der Waals surface area contributed by atoms with Crippen LogP contribution in [0.3, 0.4) is 0 Å². The normalized spacial score (nSPS) is 10.8. The molecule has 2 aromatic heterocycles. The molecule has 9 heteroatoms. The lowest BCUT2D eigenvalue weighted by molar-refractivity contribution is 0.355. The number of aromatic nitrogens is 3. The van der Waals surface area contributed by atoms with Gasteiger partial charge in [-0.05, 0) is 66.7 Å². The fourth-order valence-corrected chi connectivity index (χ4v) is 4.92. The zero-order chi connectivity index (χ0) is 26.6. The molecule has 38 heavy (non-hydrogen) atoms. The summed E-state index contributed by atoms with van der Waals surface area (Å²) in [4.78, 5) is 4.91. The van der Waals surface area contributed by atoms with Crippen LogP contribution >= 0.6 is 11.3 Å². The highest BCUT2D eigenvalue weighted by Gasteiger charge is 2.19. The molecule has 0 saturated carbocycles. The van der Waals surface area contributed by atoms with Crippen LogP contribution in [0.2, 0.25) is 0 Å². The summed E-state index contributed by atoms with van der Waals surface area (Å²) < 4.78 is 29.1. The fraction of sp³-hybridized carbons (Fsp3) is 0.172. The first-order valence-corrected chi connectivity index (χ1v) is 12.6. The van der Waals surface area contributed by atoms with E-state index in [0.29, 0.717) is 23.0 Å². The molecule has 0 fully saturated rings. The molecule has 2 heterocycles. The standard InChI is InChI=1S/C29H27N3O5S/c1-33-21-10-6-18(7-11-21)23-17-38-29(30-23)32-24(20-9-13-26(35-3)28(15-20)37-5)16-22(31-32)19-8-12-25(34-2)27(14-19)36-4/h6-17H,1-5H3. The summed E-state index contributed by atoms with van der Waals surface area (Å²) >= 11 is 1.51. The van der Waals surface area contributed by atoms with Gasteiger partial charge in [0, 0.05) is 22.1 Å². The Hall–Kier alpha value is -4.50. The molecule has 0 bridgehead atoms. The molecule has 0 aliphatic carbocycles. The average Bonchev–Trinajstić information content (AvgIpc) is 3.64. The number of methoxy groups -OCH3 is 5. The summed E-state index contributed by atoms with van der Waals surface area (Å²) in [6, 6.07) is 21.4. The van der Waals surface area contributed by atoms with E-state index < -0.39 is 0 Å². The third-order valence-electron chi connectivity index (χ3n) is 6.13. The Morgan fingerprint density at radius 2 is 1.16 bits per heavy atom. The number of hydrogen-bond donors (Lipinski definition) is 0. The summed E-state index contributed by atoms with van der Waals surface area (Å²) in [5, 5.41) is 7.72. The van der Waals surface area contributed by atoms with Gasteiger partial charge in [0.1, 0.15) is 5.75 Å². The Balaban J connectivity index is 1.63. The summed E-state index contributed by atoms with van der Waals surface area (Å²) in [6.45, 7) is 0. The molecule has 0 aliphatic heterocycles. The maximum Gasteiger partial charge on any atom is 0.211 e. The van der Waals surface area contributed by atoms with Crippen molar-refractivity contribution in [2.24, 2.45) is 0 Å². The van der Waals surface area contributed by atoms with Gasteiger partial charge in [-0.3, -0.25) is 0 Å². The van der Waals surface area contributed by atoms with Crippen LogP contribution in [0.15, 0.2) is 72.1 Å². The molecule has 194 valence electrons. The predicted octanol–water partition coefficient (Wildman–Crippen LogP) is 6.37. The van der Waals surface area contributed by atoms with E-state index in [4.69, 9.17) is 33.8 Å². The molecule has 0 saturated heterocycles. The van der Waals surface area contributed by atoms with E-state index in [1.165, 1.54) is 11.3 Å². The lowest BCUT2D eigenvalue weighted by Gasteiger charge is -2.10. The van der Waals surface area contributed by atoms with E-state index in [1.807, 2.05) is 76.8 Å². The minimum absolute atomic E-state index is 0.628. The van der Waals surface area contributed by atoms with Crippen LogP contribution in [0.1, 0.15) is 0 Å². The van der Waals surface area contributed by atoms with Crippen molar-refractivity contribution < 1.29 is 23.7 Å². The second kappa shape index (κ2) is 10.9. The van der Waals surface area contributed by atoms with Gasteiger partial charge >= 0.3 is 0 Å². The van der Waals surface area contributed by atoms with Crippen molar-refractivity contribution in [2.75, 3.05) is 35.5 Å². The van der Waals surface area contributed by atoms with Crippen LogP contribution in [0.5, 0.6) is 28.7 Å². The zero-order valence-electron chi connectivity index (χ0n) is 21.7. The van der Waals surface area contributed by atoms with Gasteiger partial charge < -0.3 is 23.7 Å². The van der Waals surface area contributed by atoms with E-state index in [1.54, 1.807) is 35.5 Å². The molecule has 5 aromatic rings. The van der Waals surface area contributed by atoms with Crippen LogP contribution < -0.4 is 23.7 Å². The molecule has 3 aromatic carbocycles. The van der Waals surface area contributed by atoms with Crippen LogP contribution in [-0.2, 0) is 0 Å². The van der Waals surface area contributed by atoms with Crippen LogP contribution in [0.25, 0.3) is 38.9 Å². The SMILES string of the molecule is COc1ccc(-c2csc(-n3nc(-c4ccc(OC)c(OC)c4)cc3-c3ccc(OC)c(OC)c3)n2)cc1. The quantitative estimate of drug-likeness (QED) is 0.219. The molecule has 5 rings (SSSR count). The largest absolute Gasteiger partial charge is 0.497 e. The average molecular weight is 530 g/mol. The highest BCUT2D eigenvalue weighted by atomic mass is 32.1. The number of rotatable bonds is 9. The minimum atomic E-state index is 0.628. The van der Waals surface area contributed by atoms with Crippen molar-refractivity contribution in [1.29, 1.82) is 0 Å². The third-order valence-corrected chi connectivity index (χ3v) is 6.94. The van der Waals surface area contributed by atoms with Gasteiger partial charge in [0.05, 0.1) is 52.6 Å². The Kier molecular flexibility index (Phi) is 7.19. The Bertz CT molecular complexity index is 1560. The van der Waals surface area contributed by atoms with E-state index >= 15 is 0 Å². The molecule has 0 N–H and O–H groups in total. The van der Waals surface area contributed by atoms with Gasteiger partial charge in [-0.2, -0.15) is 5.10 Å². The third kappa shape index (κ3) is 4.76. The highest BCUT2D eigenvalue weighted by molar-refractivity contribution is 7.12. The van der Waals surface area contributed by atoms with Crippen molar-refractivity contribution >= 4 is 11.3 Å². The first-order chi connectivity index (χ1) is 18.6. The summed E-state index contributed by atoms with van der Waals surface area (Å²) in [5.41, 5.74) is 5.25. The smallest absolute Gasteiger partial charge is 0.211 e. The van der Waals surface area contributed by atoms with E-state index in [0.717, 1.165) is 44.7 Å². The van der Waals surface area contributed by atoms with Gasteiger partial charge in [-0.25, -0.2) is 9.67 Å². The molecule has 0 atom stereocenters. The van der Waals surface area contributed by atoms with Crippen molar-refractivity contribution in [3.05, 3.63) is 72.1 Å². The molecule has 8 nitrogen and oxygen atoms in total. The van der Waals surface area contributed by atoms with Gasteiger partial charge in [0.2, 0.25) is 5.13 Å².